The van der Waals surface area contributed by atoms with Crippen molar-refractivity contribution in [2.24, 2.45) is 11.1 Å². The van der Waals surface area contributed by atoms with Crippen LogP contribution in [0.25, 0.3) is 0 Å². The number of aromatic nitrogens is 2. The maximum absolute atomic E-state index is 5.99. The second-order valence-electron chi connectivity index (χ2n) is 4.64. The van der Waals surface area contributed by atoms with Gasteiger partial charge in [-0.25, -0.2) is 0 Å². The first-order valence-electron chi connectivity index (χ1n) is 5.03. The number of nitrogens with zero attached hydrogens (tertiary/aromatic N) is 2. The van der Waals surface area contributed by atoms with Gasteiger partial charge in [-0.3, -0.25) is 0 Å². The summed E-state index contributed by atoms with van der Waals surface area (Å²) in [5.74, 6) is 1.29. The van der Waals surface area contributed by atoms with E-state index in [2.05, 4.69) is 37.8 Å². The van der Waals surface area contributed by atoms with Gasteiger partial charge in [-0.05, 0) is 11.8 Å². The van der Waals surface area contributed by atoms with E-state index >= 15 is 0 Å². The topological polar surface area (TPSA) is 64.9 Å². The van der Waals surface area contributed by atoms with Gasteiger partial charge in [0, 0.05) is 6.42 Å². The SMILES string of the molecule is CCCc1noc([C@@H](N)C(C)(C)C)n1. The van der Waals surface area contributed by atoms with Crippen molar-refractivity contribution in [3.05, 3.63) is 11.7 Å². The Morgan fingerprint density at radius 3 is 2.57 bits per heavy atom. The molecule has 1 atom stereocenters. The summed E-state index contributed by atoms with van der Waals surface area (Å²) < 4.78 is 5.12. The second-order valence-corrected chi connectivity index (χ2v) is 4.64. The van der Waals surface area contributed by atoms with Crippen molar-refractivity contribution in [1.82, 2.24) is 10.1 Å². The van der Waals surface area contributed by atoms with E-state index in [-0.39, 0.29) is 11.5 Å². The zero-order valence-electron chi connectivity index (χ0n) is 9.37. The predicted molar refractivity (Wildman–Crippen MR) is 54.7 cm³/mol. The molecule has 14 heavy (non-hydrogen) atoms. The fourth-order valence-corrected chi connectivity index (χ4v) is 1.09. The molecule has 2 N–H and O–H groups in total. The average molecular weight is 197 g/mol. The summed E-state index contributed by atoms with van der Waals surface area (Å²) in [6.45, 7) is 8.25. The Morgan fingerprint density at radius 2 is 2.07 bits per heavy atom. The molecule has 80 valence electrons. The molecule has 0 bridgehead atoms. The van der Waals surface area contributed by atoms with Crippen molar-refractivity contribution >= 4 is 0 Å². The first-order valence-corrected chi connectivity index (χ1v) is 5.03. The summed E-state index contributed by atoms with van der Waals surface area (Å²) in [4.78, 5) is 4.26. The largest absolute Gasteiger partial charge is 0.338 e. The maximum atomic E-state index is 5.99. The van der Waals surface area contributed by atoms with E-state index in [9.17, 15) is 0 Å². The van der Waals surface area contributed by atoms with Gasteiger partial charge in [0.25, 0.3) is 0 Å². The molecule has 0 fully saturated rings. The van der Waals surface area contributed by atoms with Crippen molar-refractivity contribution in [3.63, 3.8) is 0 Å². The molecule has 4 nitrogen and oxygen atoms in total. The van der Waals surface area contributed by atoms with Crippen LogP contribution in [-0.4, -0.2) is 10.1 Å². The van der Waals surface area contributed by atoms with Gasteiger partial charge in [-0.1, -0.05) is 32.9 Å². The van der Waals surface area contributed by atoms with E-state index in [4.69, 9.17) is 10.3 Å². The Labute approximate surface area is 84.9 Å². The van der Waals surface area contributed by atoms with Gasteiger partial charge in [0.15, 0.2) is 5.82 Å². The van der Waals surface area contributed by atoms with Crippen molar-refractivity contribution in [1.29, 1.82) is 0 Å². The van der Waals surface area contributed by atoms with E-state index in [1.165, 1.54) is 0 Å². The lowest BCUT2D eigenvalue weighted by molar-refractivity contribution is 0.252. The first-order chi connectivity index (χ1) is 6.45. The molecule has 1 rings (SSSR count). The van der Waals surface area contributed by atoms with E-state index in [0.29, 0.717) is 5.89 Å². The predicted octanol–water partition coefficient (Wildman–Crippen LogP) is 2.07. The summed E-state index contributed by atoms with van der Waals surface area (Å²) >= 11 is 0. The highest BCUT2D eigenvalue weighted by molar-refractivity contribution is 4.96. The number of hydrogen-bond donors (Lipinski definition) is 1. The monoisotopic (exact) mass is 197 g/mol. The minimum absolute atomic E-state index is 0.0456. The van der Waals surface area contributed by atoms with Crippen LogP contribution in [0.2, 0.25) is 0 Å². The van der Waals surface area contributed by atoms with E-state index in [1.54, 1.807) is 0 Å². The Bertz CT molecular complexity index is 288. The molecular formula is C10H19N3O. The Hall–Kier alpha value is -0.900. The molecule has 4 heteroatoms. The fourth-order valence-electron chi connectivity index (χ4n) is 1.09. The summed E-state index contributed by atoms with van der Waals surface area (Å²) in [6, 6.07) is -0.194. The van der Waals surface area contributed by atoms with Crippen LogP contribution in [0.15, 0.2) is 4.52 Å². The number of nitrogens with two attached hydrogens (primary N) is 1. The van der Waals surface area contributed by atoms with Crippen LogP contribution in [0.1, 0.15) is 51.9 Å². The zero-order chi connectivity index (χ0) is 10.8. The lowest BCUT2D eigenvalue weighted by Crippen LogP contribution is -2.26. The van der Waals surface area contributed by atoms with E-state index < -0.39 is 0 Å². The third-order valence-electron chi connectivity index (χ3n) is 2.16. The first kappa shape index (κ1) is 11.2. The van der Waals surface area contributed by atoms with Crippen LogP contribution in [-0.2, 0) is 6.42 Å². The molecule has 0 saturated carbocycles. The highest BCUT2D eigenvalue weighted by Crippen LogP contribution is 2.29. The van der Waals surface area contributed by atoms with Gasteiger partial charge in [0.1, 0.15) is 0 Å². The van der Waals surface area contributed by atoms with Crippen molar-refractivity contribution < 1.29 is 4.52 Å². The lowest BCUT2D eigenvalue weighted by Gasteiger charge is -2.23. The number of aryl methyl sites for hydroxylation is 1. The highest BCUT2D eigenvalue weighted by Gasteiger charge is 2.27. The van der Waals surface area contributed by atoms with E-state index in [0.717, 1.165) is 18.7 Å². The van der Waals surface area contributed by atoms with Crippen molar-refractivity contribution in [2.75, 3.05) is 0 Å². The van der Waals surface area contributed by atoms with Crippen LogP contribution < -0.4 is 5.73 Å². The number of hydrogen-bond acceptors (Lipinski definition) is 4. The molecule has 0 spiro atoms. The van der Waals surface area contributed by atoms with Crippen molar-refractivity contribution in [3.8, 4) is 0 Å². The second kappa shape index (κ2) is 4.09. The summed E-state index contributed by atoms with van der Waals surface area (Å²) in [5, 5.41) is 3.87. The molecular weight excluding hydrogens is 178 g/mol. The fraction of sp³-hybridized carbons (Fsp3) is 0.800. The molecule has 1 aromatic rings. The number of rotatable bonds is 3. The maximum Gasteiger partial charge on any atom is 0.244 e. The quantitative estimate of drug-likeness (QED) is 0.805. The third-order valence-corrected chi connectivity index (χ3v) is 2.16. The molecule has 0 aliphatic heterocycles. The van der Waals surface area contributed by atoms with Crippen LogP contribution in [0, 0.1) is 5.41 Å². The van der Waals surface area contributed by atoms with Crippen LogP contribution >= 0.6 is 0 Å². The molecule has 0 aliphatic carbocycles. The zero-order valence-corrected chi connectivity index (χ0v) is 9.37. The lowest BCUT2D eigenvalue weighted by atomic mass is 9.87. The molecule has 0 aliphatic rings. The van der Waals surface area contributed by atoms with Gasteiger partial charge in [-0.2, -0.15) is 4.98 Å². The Kier molecular flexibility index (Phi) is 3.26. The minimum Gasteiger partial charge on any atom is -0.338 e. The van der Waals surface area contributed by atoms with Crippen LogP contribution in [0.5, 0.6) is 0 Å². The minimum atomic E-state index is -0.194. The highest BCUT2D eigenvalue weighted by atomic mass is 16.5. The standard InChI is InChI=1S/C10H19N3O/c1-5-6-7-12-9(14-13-7)8(11)10(2,3)4/h8H,5-6,11H2,1-4H3/t8-/m1/s1. The third kappa shape index (κ3) is 2.54. The summed E-state index contributed by atoms with van der Waals surface area (Å²) in [5.41, 5.74) is 5.94. The van der Waals surface area contributed by atoms with Gasteiger partial charge < -0.3 is 10.3 Å². The molecule has 0 radical (unpaired) electrons. The average Bonchev–Trinajstić information content (AvgIpc) is 2.50. The molecule has 1 aromatic heterocycles. The van der Waals surface area contributed by atoms with Crippen LogP contribution in [0.3, 0.4) is 0 Å². The van der Waals surface area contributed by atoms with E-state index in [1.807, 2.05) is 0 Å². The van der Waals surface area contributed by atoms with Crippen molar-refractivity contribution in [2.45, 2.75) is 46.6 Å². The summed E-state index contributed by atoms with van der Waals surface area (Å²) in [7, 11) is 0. The summed E-state index contributed by atoms with van der Waals surface area (Å²) in [6.07, 6.45) is 1.87. The molecule has 0 aromatic carbocycles. The van der Waals surface area contributed by atoms with Crippen LogP contribution in [0.4, 0.5) is 0 Å². The Balaban J connectivity index is 2.76. The Morgan fingerprint density at radius 1 is 1.43 bits per heavy atom. The van der Waals surface area contributed by atoms with Gasteiger partial charge in [0.2, 0.25) is 5.89 Å². The molecule has 1 heterocycles. The molecule has 0 amide bonds. The smallest absolute Gasteiger partial charge is 0.244 e. The normalized spacial score (nSPS) is 14.4. The molecule has 0 unspecified atom stereocenters. The van der Waals surface area contributed by atoms with Gasteiger partial charge >= 0.3 is 0 Å². The van der Waals surface area contributed by atoms with Gasteiger partial charge in [-0.15, -0.1) is 0 Å². The van der Waals surface area contributed by atoms with Gasteiger partial charge in [0.05, 0.1) is 6.04 Å². The molecule has 0 saturated heterocycles.